The topological polar surface area (TPSA) is 72.0 Å². The average molecular weight is 235 g/mol. The predicted octanol–water partition coefficient (Wildman–Crippen LogP) is 2.15. The van der Waals surface area contributed by atoms with Gasteiger partial charge in [0.1, 0.15) is 10.8 Å². The number of aromatic nitrogens is 2. The fourth-order valence-electron chi connectivity index (χ4n) is 1.60. The SMILES string of the molecule is CC(C)(c1nnc(N)s1)c1ccccc1O. The Balaban J connectivity index is 2.50. The molecule has 2 aromatic rings. The van der Waals surface area contributed by atoms with Crippen molar-refractivity contribution in [3.05, 3.63) is 34.8 Å². The molecule has 0 aliphatic rings. The van der Waals surface area contributed by atoms with Crippen LogP contribution in [0.4, 0.5) is 5.13 Å². The molecule has 5 heteroatoms. The third-order valence-corrected chi connectivity index (χ3v) is 3.63. The van der Waals surface area contributed by atoms with Crippen molar-refractivity contribution in [1.82, 2.24) is 10.2 Å². The van der Waals surface area contributed by atoms with Gasteiger partial charge >= 0.3 is 0 Å². The summed E-state index contributed by atoms with van der Waals surface area (Å²) < 4.78 is 0. The third kappa shape index (κ3) is 1.74. The van der Waals surface area contributed by atoms with E-state index >= 15 is 0 Å². The molecule has 0 saturated heterocycles. The molecule has 16 heavy (non-hydrogen) atoms. The van der Waals surface area contributed by atoms with Crippen LogP contribution in [0.5, 0.6) is 5.75 Å². The molecule has 1 aromatic carbocycles. The molecule has 3 N–H and O–H groups in total. The monoisotopic (exact) mass is 235 g/mol. The first-order valence-electron chi connectivity index (χ1n) is 4.90. The zero-order valence-corrected chi connectivity index (χ0v) is 9.95. The Morgan fingerprint density at radius 1 is 1.25 bits per heavy atom. The second-order valence-electron chi connectivity index (χ2n) is 4.09. The standard InChI is InChI=1S/C11H13N3OS/c1-11(2,9-13-14-10(12)16-9)7-5-3-4-6-8(7)15/h3-6,15H,1-2H3,(H2,12,14). The van der Waals surface area contributed by atoms with Gasteiger partial charge in [-0.1, -0.05) is 29.5 Å². The minimum atomic E-state index is -0.388. The van der Waals surface area contributed by atoms with Crippen molar-refractivity contribution < 1.29 is 5.11 Å². The summed E-state index contributed by atoms with van der Waals surface area (Å²) in [6.07, 6.45) is 0. The third-order valence-electron chi connectivity index (χ3n) is 2.55. The van der Waals surface area contributed by atoms with Gasteiger partial charge in [-0.2, -0.15) is 0 Å². The molecule has 0 atom stereocenters. The van der Waals surface area contributed by atoms with Crippen LogP contribution in [0.1, 0.15) is 24.4 Å². The van der Waals surface area contributed by atoms with E-state index in [0.29, 0.717) is 5.13 Å². The van der Waals surface area contributed by atoms with Crippen LogP contribution < -0.4 is 5.73 Å². The molecule has 4 nitrogen and oxygen atoms in total. The Labute approximate surface area is 97.8 Å². The highest BCUT2D eigenvalue weighted by Crippen LogP contribution is 2.38. The number of para-hydroxylation sites is 1. The number of aromatic hydroxyl groups is 1. The van der Waals surface area contributed by atoms with Crippen molar-refractivity contribution in [3.63, 3.8) is 0 Å². The van der Waals surface area contributed by atoms with Gasteiger partial charge in [0.2, 0.25) is 5.13 Å². The Hall–Kier alpha value is -1.62. The first kappa shape index (κ1) is 10.9. The lowest BCUT2D eigenvalue weighted by Gasteiger charge is -2.22. The predicted molar refractivity (Wildman–Crippen MR) is 64.6 cm³/mol. The van der Waals surface area contributed by atoms with Gasteiger partial charge in [0.25, 0.3) is 0 Å². The molecule has 1 aromatic heterocycles. The molecule has 0 fully saturated rings. The number of hydrogen-bond donors (Lipinski definition) is 2. The van der Waals surface area contributed by atoms with Crippen molar-refractivity contribution >= 4 is 16.5 Å². The van der Waals surface area contributed by atoms with Crippen LogP contribution in [-0.4, -0.2) is 15.3 Å². The van der Waals surface area contributed by atoms with E-state index in [1.54, 1.807) is 12.1 Å². The highest BCUT2D eigenvalue weighted by molar-refractivity contribution is 7.15. The van der Waals surface area contributed by atoms with Crippen molar-refractivity contribution in [3.8, 4) is 5.75 Å². The van der Waals surface area contributed by atoms with E-state index in [1.807, 2.05) is 26.0 Å². The molecule has 0 unspecified atom stereocenters. The molecule has 1 heterocycles. The van der Waals surface area contributed by atoms with Gasteiger partial charge in [0, 0.05) is 11.0 Å². The average Bonchev–Trinajstić information content (AvgIpc) is 2.66. The Morgan fingerprint density at radius 3 is 2.50 bits per heavy atom. The quantitative estimate of drug-likeness (QED) is 0.836. The molecule has 0 amide bonds. The summed E-state index contributed by atoms with van der Waals surface area (Å²) in [6.45, 7) is 3.98. The summed E-state index contributed by atoms with van der Waals surface area (Å²) in [7, 11) is 0. The van der Waals surface area contributed by atoms with Gasteiger partial charge in [-0.05, 0) is 19.9 Å². The maximum absolute atomic E-state index is 9.84. The lowest BCUT2D eigenvalue weighted by atomic mass is 9.85. The molecular weight excluding hydrogens is 222 g/mol. The van der Waals surface area contributed by atoms with Gasteiger partial charge < -0.3 is 10.8 Å². The summed E-state index contributed by atoms with van der Waals surface area (Å²) in [6, 6.07) is 7.24. The van der Waals surface area contributed by atoms with Gasteiger partial charge in [0.05, 0.1) is 0 Å². The van der Waals surface area contributed by atoms with Gasteiger partial charge in [0.15, 0.2) is 0 Å². The summed E-state index contributed by atoms with van der Waals surface area (Å²) >= 11 is 1.34. The Morgan fingerprint density at radius 2 is 1.94 bits per heavy atom. The van der Waals surface area contributed by atoms with Crippen molar-refractivity contribution in [2.24, 2.45) is 0 Å². The molecular formula is C11H13N3OS. The molecule has 0 aliphatic heterocycles. The second-order valence-corrected chi connectivity index (χ2v) is 5.10. The van der Waals surface area contributed by atoms with Crippen molar-refractivity contribution in [2.45, 2.75) is 19.3 Å². The van der Waals surface area contributed by atoms with E-state index in [4.69, 9.17) is 5.73 Å². The lowest BCUT2D eigenvalue weighted by molar-refractivity contribution is 0.452. The lowest BCUT2D eigenvalue weighted by Crippen LogP contribution is -2.18. The highest BCUT2D eigenvalue weighted by atomic mass is 32.1. The largest absolute Gasteiger partial charge is 0.508 e. The molecule has 0 saturated carbocycles. The molecule has 0 aliphatic carbocycles. The summed E-state index contributed by atoms with van der Waals surface area (Å²) in [5.41, 5.74) is 6.01. The molecule has 0 bridgehead atoms. The number of anilines is 1. The highest BCUT2D eigenvalue weighted by Gasteiger charge is 2.29. The number of hydrogen-bond acceptors (Lipinski definition) is 5. The number of nitrogen functional groups attached to an aromatic ring is 1. The van der Waals surface area contributed by atoms with Crippen LogP contribution in [0, 0.1) is 0 Å². The number of phenols is 1. The summed E-state index contributed by atoms with van der Waals surface area (Å²) in [4.78, 5) is 0. The number of benzene rings is 1. The van der Waals surface area contributed by atoms with E-state index in [1.165, 1.54) is 11.3 Å². The fraction of sp³-hybridized carbons (Fsp3) is 0.273. The van der Waals surface area contributed by atoms with E-state index < -0.39 is 0 Å². The second kappa shape index (κ2) is 3.75. The smallest absolute Gasteiger partial charge is 0.203 e. The molecule has 0 radical (unpaired) electrons. The Bertz CT molecular complexity index is 507. The van der Waals surface area contributed by atoms with Gasteiger partial charge in [-0.3, -0.25) is 0 Å². The van der Waals surface area contributed by atoms with Crippen LogP contribution in [-0.2, 0) is 5.41 Å². The zero-order valence-electron chi connectivity index (χ0n) is 9.14. The zero-order chi connectivity index (χ0) is 11.8. The minimum Gasteiger partial charge on any atom is -0.508 e. The van der Waals surface area contributed by atoms with E-state index in [0.717, 1.165) is 10.6 Å². The van der Waals surface area contributed by atoms with Crippen LogP contribution >= 0.6 is 11.3 Å². The van der Waals surface area contributed by atoms with E-state index in [9.17, 15) is 5.11 Å². The maximum Gasteiger partial charge on any atom is 0.203 e. The summed E-state index contributed by atoms with van der Waals surface area (Å²) in [5.74, 6) is 0.265. The summed E-state index contributed by atoms with van der Waals surface area (Å²) in [5, 5.41) is 18.9. The molecule has 2 rings (SSSR count). The minimum absolute atomic E-state index is 0.265. The first-order chi connectivity index (χ1) is 7.51. The first-order valence-corrected chi connectivity index (χ1v) is 5.71. The van der Waals surface area contributed by atoms with Crippen molar-refractivity contribution in [1.29, 1.82) is 0 Å². The van der Waals surface area contributed by atoms with Crippen LogP contribution in [0.3, 0.4) is 0 Å². The van der Waals surface area contributed by atoms with E-state index in [-0.39, 0.29) is 11.2 Å². The molecule has 0 spiro atoms. The number of phenolic OH excluding ortho intramolecular Hbond substituents is 1. The maximum atomic E-state index is 9.84. The van der Waals surface area contributed by atoms with Crippen LogP contribution in [0.15, 0.2) is 24.3 Å². The van der Waals surface area contributed by atoms with Crippen molar-refractivity contribution in [2.75, 3.05) is 5.73 Å². The van der Waals surface area contributed by atoms with Crippen LogP contribution in [0.25, 0.3) is 0 Å². The Kier molecular flexibility index (Phi) is 2.55. The number of nitrogens with two attached hydrogens (primary N) is 1. The fourth-order valence-corrected chi connectivity index (χ4v) is 2.33. The van der Waals surface area contributed by atoms with Crippen LogP contribution in [0.2, 0.25) is 0 Å². The van der Waals surface area contributed by atoms with E-state index in [2.05, 4.69) is 10.2 Å². The normalized spacial score (nSPS) is 11.6. The van der Waals surface area contributed by atoms with Gasteiger partial charge in [-0.15, -0.1) is 10.2 Å². The number of nitrogens with zero attached hydrogens (tertiary/aromatic N) is 2. The molecule has 84 valence electrons. The van der Waals surface area contributed by atoms with Gasteiger partial charge in [-0.25, -0.2) is 0 Å². The number of rotatable bonds is 2.